The van der Waals surface area contributed by atoms with Crippen molar-refractivity contribution >= 4 is 28.5 Å². The number of nitrogens with zero attached hydrogens (tertiary/aromatic N) is 3. The molecule has 2 rings (SSSR count). The summed E-state index contributed by atoms with van der Waals surface area (Å²) in [6.07, 6.45) is 4.13. The van der Waals surface area contributed by atoms with E-state index in [0.717, 1.165) is 24.0 Å². The Morgan fingerprint density at radius 2 is 2.00 bits per heavy atom. The lowest BCUT2D eigenvalue weighted by Gasteiger charge is -2.07. The van der Waals surface area contributed by atoms with Gasteiger partial charge in [-0.2, -0.15) is 0 Å². The Morgan fingerprint density at radius 3 is 2.72 bits per heavy atom. The van der Waals surface area contributed by atoms with E-state index in [-0.39, 0.29) is 0 Å². The molecule has 0 atom stereocenters. The summed E-state index contributed by atoms with van der Waals surface area (Å²) in [5, 5.41) is 3.56. The van der Waals surface area contributed by atoms with Crippen molar-refractivity contribution in [3.05, 3.63) is 23.6 Å². The third-order valence-electron chi connectivity index (χ3n) is 2.10. The SMILES string of the molecule is CC.NCCCNc1nc(Cl)cc2nccnc12. The van der Waals surface area contributed by atoms with Gasteiger partial charge in [0.1, 0.15) is 10.7 Å². The second kappa shape index (κ2) is 7.79. The number of nitrogens with two attached hydrogens (primary N) is 1. The van der Waals surface area contributed by atoms with Crippen LogP contribution in [0.15, 0.2) is 18.5 Å². The molecule has 0 aliphatic heterocycles. The summed E-state index contributed by atoms with van der Waals surface area (Å²) < 4.78 is 0. The van der Waals surface area contributed by atoms with Gasteiger partial charge in [-0.25, -0.2) is 9.97 Å². The molecule has 2 heterocycles. The van der Waals surface area contributed by atoms with Crippen molar-refractivity contribution in [2.75, 3.05) is 18.4 Å². The van der Waals surface area contributed by atoms with E-state index in [1.165, 1.54) is 0 Å². The molecule has 0 radical (unpaired) electrons. The van der Waals surface area contributed by atoms with Gasteiger partial charge in [0.25, 0.3) is 0 Å². The van der Waals surface area contributed by atoms with Crippen LogP contribution in [0.5, 0.6) is 0 Å². The first-order valence-corrected chi connectivity index (χ1v) is 6.40. The van der Waals surface area contributed by atoms with E-state index >= 15 is 0 Å². The number of hydrogen-bond acceptors (Lipinski definition) is 5. The van der Waals surface area contributed by atoms with Crippen molar-refractivity contribution < 1.29 is 0 Å². The van der Waals surface area contributed by atoms with Crippen molar-refractivity contribution in [3.63, 3.8) is 0 Å². The van der Waals surface area contributed by atoms with Crippen LogP contribution in [0.25, 0.3) is 11.0 Å². The molecule has 0 aliphatic rings. The van der Waals surface area contributed by atoms with Gasteiger partial charge in [-0.05, 0) is 13.0 Å². The minimum atomic E-state index is 0.406. The van der Waals surface area contributed by atoms with E-state index in [2.05, 4.69) is 20.3 Å². The fourth-order valence-electron chi connectivity index (χ4n) is 1.37. The Morgan fingerprint density at radius 1 is 1.28 bits per heavy atom. The van der Waals surface area contributed by atoms with E-state index in [1.54, 1.807) is 18.5 Å². The van der Waals surface area contributed by atoms with Gasteiger partial charge < -0.3 is 11.1 Å². The largest absolute Gasteiger partial charge is 0.368 e. The number of aromatic nitrogens is 3. The van der Waals surface area contributed by atoms with Gasteiger partial charge >= 0.3 is 0 Å². The van der Waals surface area contributed by atoms with Gasteiger partial charge in [0.2, 0.25) is 0 Å². The molecule has 2 aromatic rings. The van der Waals surface area contributed by atoms with Gasteiger partial charge in [-0.1, -0.05) is 25.4 Å². The molecule has 0 saturated carbocycles. The molecule has 0 aliphatic carbocycles. The standard InChI is InChI=1S/C10H12ClN5.C2H6/c11-8-6-7-9(14-5-4-13-7)10(16-8)15-3-1-2-12;1-2/h4-6H,1-3,12H2,(H,15,16);1-2H3. The maximum absolute atomic E-state index is 5.89. The number of halogens is 1. The summed E-state index contributed by atoms with van der Waals surface area (Å²) in [7, 11) is 0. The molecule has 0 unspecified atom stereocenters. The molecule has 0 aromatic carbocycles. The zero-order chi connectivity index (χ0) is 13.4. The van der Waals surface area contributed by atoms with Crippen molar-refractivity contribution in [3.8, 4) is 0 Å². The Bertz CT molecular complexity index is 489. The van der Waals surface area contributed by atoms with Crippen LogP contribution < -0.4 is 11.1 Å². The zero-order valence-corrected chi connectivity index (χ0v) is 11.4. The maximum Gasteiger partial charge on any atom is 0.155 e. The number of fused-ring (bicyclic) bond motifs is 1. The molecule has 0 spiro atoms. The van der Waals surface area contributed by atoms with Gasteiger partial charge in [0, 0.05) is 25.0 Å². The van der Waals surface area contributed by atoms with E-state index in [9.17, 15) is 0 Å². The van der Waals surface area contributed by atoms with Crippen LogP contribution in [0.2, 0.25) is 5.15 Å². The first-order chi connectivity index (χ1) is 8.81. The number of anilines is 1. The predicted molar refractivity (Wildman–Crippen MR) is 75.9 cm³/mol. The molecule has 6 heteroatoms. The Kier molecular flexibility index (Phi) is 6.32. The Labute approximate surface area is 112 Å². The van der Waals surface area contributed by atoms with Gasteiger partial charge in [0.15, 0.2) is 5.82 Å². The molecular weight excluding hydrogens is 250 g/mol. The molecule has 0 amide bonds. The lowest BCUT2D eigenvalue weighted by Crippen LogP contribution is -2.10. The van der Waals surface area contributed by atoms with Gasteiger partial charge in [0.05, 0.1) is 5.52 Å². The van der Waals surface area contributed by atoms with E-state index in [4.69, 9.17) is 17.3 Å². The third kappa shape index (κ3) is 3.78. The zero-order valence-electron chi connectivity index (χ0n) is 10.7. The average Bonchev–Trinajstić information content (AvgIpc) is 2.41. The average molecular weight is 268 g/mol. The molecule has 3 N–H and O–H groups in total. The van der Waals surface area contributed by atoms with Crippen molar-refractivity contribution in [2.45, 2.75) is 20.3 Å². The number of pyridine rings is 1. The summed E-state index contributed by atoms with van der Waals surface area (Å²) >= 11 is 5.89. The monoisotopic (exact) mass is 267 g/mol. The molecule has 18 heavy (non-hydrogen) atoms. The molecule has 0 bridgehead atoms. The van der Waals surface area contributed by atoms with Crippen molar-refractivity contribution in [1.82, 2.24) is 15.0 Å². The van der Waals surface area contributed by atoms with Gasteiger partial charge in [-0.3, -0.25) is 4.98 Å². The summed E-state index contributed by atoms with van der Waals surface area (Å²) in [5.74, 6) is 0.657. The second-order valence-electron chi connectivity index (χ2n) is 3.29. The Hall–Kier alpha value is -1.46. The first kappa shape index (κ1) is 14.6. The molecule has 0 saturated heterocycles. The fourth-order valence-corrected chi connectivity index (χ4v) is 1.56. The highest BCUT2D eigenvalue weighted by Crippen LogP contribution is 2.20. The van der Waals surface area contributed by atoms with E-state index < -0.39 is 0 Å². The summed E-state index contributed by atoms with van der Waals surface area (Å²) in [6, 6.07) is 1.69. The highest BCUT2D eigenvalue weighted by atomic mass is 35.5. The lowest BCUT2D eigenvalue weighted by atomic mass is 10.3. The molecule has 0 fully saturated rings. The van der Waals surface area contributed by atoms with Crippen LogP contribution in [0, 0.1) is 0 Å². The number of rotatable bonds is 4. The van der Waals surface area contributed by atoms with Crippen molar-refractivity contribution in [1.29, 1.82) is 0 Å². The van der Waals surface area contributed by atoms with Crippen LogP contribution in [0.4, 0.5) is 5.82 Å². The highest BCUT2D eigenvalue weighted by Gasteiger charge is 2.06. The quantitative estimate of drug-likeness (QED) is 0.657. The van der Waals surface area contributed by atoms with E-state index in [1.807, 2.05) is 13.8 Å². The molecule has 2 aromatic heterocycles. The van der Waals surface area contributed by atoms with Crippen LogP contribution in [-0.4, -0.2) is 28.0 Å². The smallest absolute Gasteiger partial charge is 0.155 e. The number of nitrogens with one attached hydrogen (secondary N) is 1. The fraction of sp³-hybridized carbons (Fsp3) is 0.417. The topological polar surface area (TPSA) is 76.7 Å². The summed E-state index contributed by atoms with van der Waals surface area (Å²) in [6.45, 7) is 5.38. The summed E-state index contributed by atoms with van der Waals surface area (Å²) in [5.41, 5.74) is 6.88. The highest BCUT2D eigenvalue weighted by molar-refractivity contribution is 6.30. The minimum absolute atomic E-state index is 0.406. The van der Waals surface area contributed by atoms with Crippen LogP contribution in [0.1, 0.15) is 20.3 Å². The normalized spacial score (nSPS) is 9.78. The molecule has 5 nitrogen and oxygen atoms in total. The minimum Gasteiger partial charge on any atom is -0.368 e. The predicted octanol–water partition coefficient (Wildman–Crippen LogP) is 2.47. The Balaban J connectivity index is 0.000000771. The maximum atomic E-state index is 5.89. The third-order valence-corrected chi connectivity index (χ3v) is 2.29. The van der Waals surface area contributed by atoms with Crippen LogP contribution >= 0.6 is 11.6 Å². The molecular formula is C12H18ClN5. The first-order valence-electron chi connectivity index (χ1n) is 6.02. The lowest BCUT2D eigenvalue weighted by molar-refractivity contribution is 0.871. The van der Waals surface area contributed by atoms with Crippen molar-refractivity contribution in [2.24, 2.45) is 5.73 Å². The number of hydrogen-bond donors (Lipinski definition) is 2. The van der Waals surface area contributed by atoms with Crippen LogP contribution in [0.3, 0.4) is 0 Å². The van der Waals surface area contributed by atoms with E-state index in [0.29, 0.717) is 17.5 Å². The van der Waals surface area contributed by atoms with Gasteiger partial charge in [-0.15, -0.1) is 0 Å². The molecule has 98 valence electrons. The van der Waals surface area contributed by atoms with Crippen LogP contribution in [-0.2, 0) is 0 Å². The second-order valence-corrected chi connectivity index (χ2v) is 3.67. The summed E-state index contributed by atoms with van der Waals surface area (Å²) in [4.78, 5) is 12.6.